The lowest BCUT2D eigenvalue weighted by Gasteiger charge is -2.31. The van der Waals surface area contributed by atoms with Gasteiger partial charge in [0.2, 0.25) is 0 Å². The third-order valence-corrected chi connectivity index (χ3v) is 8.07. The van der Waals surface area contributed by atoms with Gasteiger partial charge in [-0.05, 0) is 49.9 Å². The van der Waals surface area contributed by atoms with Crippen LogP contribution in [0.2, 0.25) is 5.02 Å². The number of thiazole rings is 1. The van der Waals surface area contributed by atoms with E-state index in [4.69, 9.17) is 16.6 Å². The van der Waals surface area contributed by atoms with Gasteiger partial charge in [0.25, 0.3) is 5.56 Å². The number of rotatable bonds is 4. The van der Waals surface area contributed by atoms with E-state index < -0.39 is 0 Å². The summed E-state index contributed by atoms with van der Waals surface area (Å²) in [5.41, 5.74) is 4.25. The summed E-state index contributed by atoms with van der Waals surface area (Å²) in [6, 6.07) is 18.0. The number of hydrogen-bond donors (Lipinski definition) is 0. The molecule has 2 aromatic carbocycles. The topological polar surface area (TPSA) is 44.2 Å². The van der Waals surface area contributed by atoms with E-state index in [-0.39, 0.29) is 5.56 Å². The van der Waals surface area contributed by atoms with Crippen LogP contribution in [0.3, 0.4) is 0 Å². The van der Waals surface area contributed by atoms with E-state index >= 15 is 0 Å². The molecule has 1 saturated carbocycles. The summed E-state index contributed by atoms with van der Waals surface area (Å²) < 4.78 is 5.93. The zero-order valence-electron chi connectivity index (χ0n) is 19.7. The lowest BCUT2D eigenvalue weighted by atomic mass is 9.85. The molecule has 2 atom stereocenters. The van der Waals surface area contributed by atoms with Gasteiger partial charge in [-0.15, -0.1) is 11.3 Å². The minimum Gasteiger partial charge on any atom is -0.313 e. The first-order chi connectivity index (χ1) is 16.5. The van der Waals surface area contributed by atoms with Gasteiger partial charge in [-0.3, -0.25) is 9.48 Å². The lowest BCUT2D eigenvalue weighted by molar-refractivity contribution is 0.255. The van der Waals surface area contributed by atoms with Crippen molar-refractivity contribution in [3.8, 4) is 16.9 Å². The zero-order valence-corrected chi connectivity index (χ0v) is 21.3. The largest absolute Gasteiger partial charge is 0.313 e. The third-order valence-electron chi connectivity index (χ3n) is 6.99. The van der Waals surface area contributed by atoms with E-state index in [9.17, 15) is 4.79 Å². The highest BCUT2D eigenvalue weighted by Crippen LogP contribution is 2.37. The quantitative estimate of drug-likeness (QED) is 0.314. The van der Waals surface area contributed by atoms with Gasteiger partial charge in [0.1, 0.15) is 0 Å². The van der Waals surface area contributed by atoms with Gasteiger partial charge in [0.15, 0.2) is 10.5 Å². The van der Waals surface area contributed by atoms with E-state index in [2.05, 4.69) is 22.9 Å². The molecule has 2 unspecified atom stereocenters. The Kier molecular flexibility index (Phi) is 6.36. The van der Waals surface area contributed by atoms with Crippen LogP contribution >= 0.6 is 22.9 Å². The average molecular weight is 493 g/mol. The van der Waals surface area contributed by atoms with Gasteiger partial charge < -0.3 is 4.57 Å². The van der Waals surface area contributed by atoms with Gasteiger partial charge in [-0.1, -0.05) is 61.7 Å². The van der Waals surface area contributed by atoms with E-state index in [1.807, 2.05) is 67.2 Å². The van der Waals surface area contributed by atoms with Gasteiger partial charge in [0.05, 0.1) is 17.1 Å². The first kappa shape index (κ1) is 22.9. The highest BCUT2D eigenvalue weighted by molar-refractivity contribution is 7.07. The zero-order chi connectivity index (χ0) is 23.8. The summed E-state index contributed by atoms with van der Waals surface area (Å²) in [6.07, 6.45) is 4.78. The van der Waals surface area contributed by atoms with E-state index in [0.717, 1.165) is 38.9 Å². The van der Waals surface area contributed by atoms with Gasteiger partial charge in [-0.2, -0.15) is 0 Å². The van der Waals surface area contributed by atoms with Crippen molar-refractivity contribution in [2.75, 3.05) is 0 Å². The fourth-order valence-electron chi connectivity index (χ4n) is 5.04. The number of para-hydroxylation sites is 1. The maximum absolute atomic E-state index is 13.5. The summed E-state index contributed by atoms with van der Waals surface area (Å²) >= 11 is 7.93. The van der Waals surface area contributed by atoms with Crippen molar-refractivity contribution in [2.24, 2.45) is 18.0 Å². The third kappa shape index (κ3) is 4.10. The Morgan fingerprint density at radius 2 is 1.82 bits per heavy atom. The van der Waals surface area contributed by atoms with Crippen LogP contribution in [0.15, 0.2) is 69.8 Å². The molecule has 0 N–H and O–H groups in total. The number of nitrogens with zero attached hydrogens (tertiary/aromatic N) is 4. The van der Waals surface area contributed by atoms with Crippen molar-refractivity contribution in [2.45, 2.75) is 45.6 Å². The Morgan fingerprint density at radius 1 is 1.06 bits per heavy atom. The normalized spacial score (nSPS) is 19.0. The van der Waals surface area contributed by atoms with Crippen molar-refractivity contribution in [1.82, 2.24) is 13.9 Å². The summed E-state index contributed by atoms with van der Waals surface area (Å²) in [7, 11) is 1.91. The lowest BCUT2D eigenvalue weighted by Crippen LogP contribution is -2.29. The first-order valence-corrected chi connectivity index (χ1v) is 13.1. The molecule has 5 rings (SSSR count). The van der Waals surface area contributed by atoms with Crippen molar-refractivity contribution in [3.63, 3.8) is 0 Å². The second-order valence-corrected chi connectivity index (χ2v) is 10.4. The maximum atomic E-state index is 13.5. The predicted octanol–water partition coefficient (Wildman–Crippen LogP) is 6.65. The molecule has 7 heteroatoms. The predicted molar refractivity (Wildman–Crippen MR) is 140 cm³/mol. The molecule has 0 saturated heterocycles. The number of aromatic nitrogens is 3. The first-order valence-electron chi connectivity index (χ1n) is 11.8. The van der Waals surface area contributed by atoms with Gasteiger partial charge in [0, 0.05) is 29.1 Å². The van der Waals surface area contributed by atoms with Crippen LogP contribution in [0.5, 0.6) is 0 Å². The standard InChI is InChI=1S/C27H29ClN4OS/c1-18-10-7-8-15-23(18)31-24(20-11-9-12-21(28)16-20)17-34-27(31)29-25-19(2)30(3)32(26(25)33)22-13-5-4-6-14-22/h4-6,9,11-14,16-18,23H,7-8,10,15H2,1-3H3. The number of hydrogen-bond acceptors (Lipinski definition) is 3. The van der Waals surface area contributed by atoms with Crippen LogP contribution in [0, 0.1) is 12.8 Å². The molecule has 4 aromatic rings. The monoisotopic (exact) mass is 492 g/mol. The minimum absolute atomic E-state index is 0.104. The molecule has 0 amide bonds. The molecular weight excluding hydrogens is 464 g/mol. The minimum atomic E-state index is -0.104. The number of halogens is 1. The highest BCUT2D eigenvalue weighted by Gasteiger charge is 2.27. The molecule has 0 spiro atoms. The van der Waals surface area contributed by atoms with Crippen LogP contribution in [-0.4, -0.2) is 13.9 Å². The molecule has 1 fully saturated rings. The van der Waals surface area contributed by atoms with Crippen LogP contribution in [0.1, 0.15) is 44.3 Å². The van der Waals surface area contributed by atoms with Crippen molar-refractivity contribution < 1.29 is 0 Å². The van der Waals surface area contributed by atoms with E-state index in [1.54, 1.807) is 16.0 Å². The van der Waals surface area contributed by atoms with Crippen molar-refractivity contribution in [3.05, 3.63) is 85.8 Å². The Bertz CT molecular complexity index is 1440. The Hall–Kier alpha value is -2.83. The summed E-state index contributed by atoms with van der Waals surface area (Å²) in [5, 5.41) is 2.87. The van der Waals surface area contributed by atoms with E-state index in [1.165, 1.54) is 19.3 Å². The molecule has 176 valence electrons. The fourth-order valence-corrected chi connectivity index (χ4v) is 6.19. The molecular formula is C27H29ClN4OS. The second kappa shape index (κ2) is 9.43. The molecule has 1 aliphatic carbocycles. The van der Waals surface area contributed by atoms with Crippen LogP contribution in [-0.2, 0) is 7.05 Å². The van der Waals surface area contributed by atoms with Gasteiger partial charge in [-0.25, -0.2) is 9.67 Å². The molecule has 1 aliphatic rings. The second-order valence-electron chi connectivity index (χ2n) is 9.13. The van der Waals surface area contributed by atoms with E-state index in [0.29, 0.717) is 17.6 Å². The molecule has 0 radical (unpaired) electrons. The molecule has 2 heterocycles. The molecule has 5 nitrogen and oxygen atoms in total. The summed E-state index contributed by atoms with van der Waals surface area (Å²) in [6.45, 7) is 4.29. The molecule has 0 aliphatic heterocycles. The van der Waals surface area contributed by atoms with Crippen LogP contribution in [0.25, 0.3) is 16.9 Å². The average Bonchev–Trinajstić information content (AvgIpc) is 3.34. The fraction of sp³-hybridized carbons (Fsp3) is 0.333. The summed E-state index contributed by atoms with van der Waals surface area (Å²) in [5.74, 6) is 0.540. The van der Waals surface area contributed by atoms with Crippen molar-refractivity contribution in [1.29, 1.82) is 0 Å². The van der Waals surface area contributed by atoms with Crippen LogP contribution < -0.4 is 10.4 Å². The smallest absolute Gasteiger partial charge is 0.297 e. The molecule has 2 aromatic heterocycles. The summed E-state index contributed by atoms with van der Waals surface area (Å²) in [4.78, 5) is 19.4. The Balaban J connectivity index is 1.72. The maximum Gasteiger partial charge on any atom is 0.297 e. The Labute approximate surface area is 208 Å². The number of benzene rings is 2. The molecule has 34 heavy (non-hydrogen) atoms. The van der Waals surface area contributed by atoms with Crippen LogP contribution in [0.4, 0.5) is 5.69 Å². The Morgan fingerprint density at radius 3 is 2.56 bits per heavy atom. The SMILES string of the molecule is Cc1c(N=c2scc(-c3cccc(Cl)c3)n2C2CCCCC2C)c(=O)n(-c2ccccc2)n1C. The van der Waals surface area contributed by atoms with Crippen molar-refractivity contribution >= 4 is 28.6 Å². The molecule has 0 bridgehead atoms. The highest BCUT2D eigenvalue weighted by atomic mass is 35.5. The van der Waals surface area contributed by atoms with Gasteiger partial charge >= 0.3 is 0 Å².